The van der Waals surface area contributed by atoms with Crippen LogP contribution in [-0.4, -0.2) is 5.91 Å². The lowest BCUT2D eigenvalue weighted by Crippen LogP contribution is -2.30. The highest BCUT2D eigenvalue weighted by Crippen LogP contribution is 2.24. The van der Waals surface area contributed by atoms with Crippen LogP contribution in [0.2, 0.25) is 5.02 Å². The molecule has 6 heteroatoms. The normalized spacial score (nSPS) is 9.76. The van der Waals surface area contributed by atoms with Gasteiger partial charge in [-0.05, 0) is 18.2 Å². The molecule has 0 aliphatic rings. The molecule has 2 aromatic carbocycles. The molecule has 21 heavy (non-hydrogen) atoms. The molecular formula is C15H12ClN3O2. The smallest absolute Gasteiger partial charge is 0.265 e. The molecule has 0 aliphatic carbocycles. The Labute approximate surface area is 126 Å². The van der Waals surface area contributed by atoms with Crippen molar-refractivity contribution in [3.05, 3.63) is 64.2 Å². The van der Waals surface area contributed by atoms with Crippen molar-refractivity contribution >= 4 is 17.5 Å². The molecule has 0 fully saturated rings. The minimum absolute atomic E-state index is 0.124. The van der Waals surface area contributed by atoms with Crippen LogP contribution in [0.3, 0.4) is 0 Å². The second-order valence-electron chi connectivity index (χ2n) is 4.17. The van der Waals surface area contributed by atoms with Gasteiger partial charge in [0.25, 0.3) is 5.91 Å². The highest BCUT2D eigenvalue weighted by atomic mass is 35.5. The van der Waals surface area contributed by atoms with Gasteiger partial charge in [0.05, 0.1) is 5.56 Å². The minimum atomic E-state index is -0.402. The van der Waals surface area contributed by atoms with E-state index < -0.39 is 5.91 Å². The van der Waals surface area contributed by atoms with Crippen molar-refractivity contribution in [2.45, 2.75) is 6.61 Å². The number of hydrogen-bond acceptors (Lipinski definition) is 4. The fourth-order valence-corrected chi connectivity index (χ4v) is 1.97. The van der Waals surface area contributed by atoms with E-state index >= 15 is 0 Å². The topological polar surface area (TPSA) is 88.1 Å². The molecule has 0 atom stereocenters. The third kappa shape index (κ3) is 3.51. The summed E-state index contributed by atoms with van der Waals surface area (Å²) in [6.07, 6.45) is 0. The second-order valence-corrected chi connectivity index (χ2v) is 4.61. The van der Waals surface area contributed by atoms with E-state index in [1.807, 2.05) is 6.07 Å². The Hall–Kier alpha value is -2.55. The number of hydrogen-bond donors (Lipinski definition) is 2. The minimum Gasteiger partial charge on any atom is -0.487 e. The van der Waals surface area contributed by atoms with E-state index in [1.54, 1.807) is 42.5 Å². The van der Waals surface area contributed by atoms with Gasteiger partial charge in [0.2, 0.25) is 0 Å². The average Bonchev–Trinajstić information content (AvgIpc) is 2.52. The number of carbonyl (C=O) groups excluding carboxylic acids is 1. The Morgan fingerprint density at radius 3 is 2.81 bits per heavy atom. The molecule has 0 radical (unpaired) electrons. The van der Waals surface area contributed by atoms with Crippen LogP contribution in [0.4, 0.5) is 0 Å². The highest BCUT2D eigenvalue weighted by molar-refractivity contribution is 6.30. The van der Waals surface area contributed by atoms with E-state index in [9.17, 15) is 4.79 Å². The third-order valence-corrected chi connectivity index (χ3v) is 3.08. The van der Waals surface area contributed by atoms with E-state index in [1.165, 1.54) is 0 Å². The van der Waals surface area contributed by atoms with Gasteiger partial charge in [-0.25, -0.2) is 5.84 Å². The van der Waals surface area contributed by atoms with Gasteiger partial charge in [0, 0.05) is 22.2 Å². The van der Waals surface area contributed by atoms with Crippen LogP contribution in [0, 0.1) is 11.3 Å². The van der Waals surface area contributed by atoms with E-state index in [0.717, 1.165) is 0 Å². The zero-order valence-corrected chi connectivity index (χ0v) is 11.7. The molecule has 106 valence electrons. The molecule has 3 N–H and O–H groups in total. The summed E-state index contributed by atoms with van der Waals surface area (Å²) in [5.41, 5.74) is 3.53. The van der Waals surface area contributed by atoms with E-state index in [0.29, 0.717) is 27.5 Å². The summed E-state index contributed by atoms with van der Waals surface area (Å²) in [6, 6.07) is 13.7. The Morgan fingerprint density at radius 2 is 2.10 bits per heavy atom. The largest absolute Gasteiger partial charge is 0.487 e. The van der Waals surface area contributed by atoms with Crippen LogP contribution < -0.4 is 16.0 Å². The first-order chi connectivity index (χ1) is 10.2. The predicted molar refractivity (Wildman–Crippen MR) is 78.6 cm³/mol. The van der Waals surface area contributed by atoms with Crippen LogP contribution in [0.25, 0.3) is 0 Å². The van der Waals surface area contributed by atoms with Crippen LogP contribution in [0.1, 0.15) is 21.5 Å². The maximum atomic E-state index is 11.7. The molecule has 0 aromatic heterocycles. The maximum Gasteiger partial charge on any atom is 0.265 e. The molecule has 2 aromatic rings. The number of nitrogens with zero attached hydrogens (tertiary/aromatic N) is 1. The lowest BCUT2D eigenvalue weighted by atomic mass is 10.1. The van der Waals surface area contributed by atoms with E-state index in [4.69, 9.17) is 27.4 Å². The monoisotopic (exact) mass is 301 g/mol. The lowest BCUT2D eigenvalue weighted by Gasteiger charge is -2.11. The number of rotatable bonds is 4. The molecule has 1 amide bonds. The molecule has 0 spiro atoms. The van der Waals surface area contributed by atoms with Crippen molar-refractivity contribution in [3.8, 4) is 11.8 Å². The number of carbonyl (C=O) groups is 1. The van der Waals surface area contributed by atoms with E-state index in [-0.39, 0.29) is 6.61 Å². The lowest BCUT2D eigenvalue weighted by molar-refractivity contribution is 0.0951. The Balaban J connectivity index is 2.23. The third-order valence-electron chi connectivity index (χ3n) is 2.84. The SMILES string of the molecule is N#Cc1ccc(Cl)cc1OCc1ccccc1C(=O)NN. The number of halogens is 1. The number of ether oxygens (including phenoxy) is 1. The first kappa shape index (κ1) is 14.9. The zero-order chi connectivity index (χ0) is 15.2. The van der Waals surface area contributed by atoms with Crippen LogP contribution >= 0.6 is 11.6 Å². The van der Waals surface area contributed by atoms with Crippen LogP contribution in [0.15, 0.2) is 42.5 Å². The Bertz CT molecular complexity index is 710. The van der Waals surface area contributed by atoms with Crippen molar-refractivity contribution in [2.75, 3.05) is 0 Å². The standard InChI is InChI=1S/C15H12ClN3O2/c16-12-6-5-10(8-17)14(7-12)21-9-11-3-1-2-4-13(11)15(20)19-18/h1-7H,9,18H2,(H,19,20). The summed E-state index contributed by atoms with van der Waals surface area (Å²) in [5, 5.41) is 9.50. The molecular weight excluding hydrogens is 290 g/mol. The first-order valence-electron chi connectivity index (χ1n) is 6.07. The van der Waals surface area contributed by atoms with Gasteiger partial charge in [-0.3, -0.25) is 10.2 Å². The first-order valence-corrected chi connectivity index (χ1v) is 6.45. The second kappa shape index (κ2) is 6.75. The summed E-state index contributed by atoms with van der Waals surface area (Å²) in [6.45, 7) is 0.124. The maximum absolute atomic E-state index is 11.7. The summed E-state index contributed by atoms with van der Waals surface area (Å²) in [4.78, 5) is 11.7. The van der Waals surface area contributed by atoms with Gasteiger partial charge in [-0.1, -0.05) is 29.8 Å². The molecule has 0 unspecified atom stereocenters. The molecule has 5 nitrogen and oxygen atoms in total. The molecule has 0 saturated heterocycles. The van der Waals surface area contributed by atoms with Crippen LogP contribution in [-0.2, 0) is 6.61 Å². The van der Waals surface area contributed by atoms with Gasteiger partial charge in [0.15, 0.2) is 0 Å². The van der Waals surface area contributed by atoms with Gasteiger partial charge >= 0.3 is 0 Å². The molecule has 0 aliphatic heterocycles. The van der Waals surface area contributed by atoms with E-state index in [2.05, 4.69) is 5.43 Å². The quantitative estimate of drug-likeness (QED) is 0.515. The highest BCUT2D eigenvalue weighted by Gasteiger charge is 2.11. The molecule has 0 bridgehead atoms. The predicted octanol–water partition coefficient (Wildman–Crippen LogP) is 2.39. The number of nitriles is 1. The average molecular weight is 302 g/mol. The van der Waals surface area contributed by atoms with Gasteiger partial charge in [0.1, 0.15) is 18.4 Å². The van der Waals surface area contributed by atoms with Crippen molar-refractivity contribution in [1.29, 1.82) is 5.26 Å². The summed E-state index contributed by atoms with van der Waals surface area (Å²) in [5.74, 6) is 5.11. The van der Waals surface area contributed by atoms with Gasteiger partial charge < -0.3 is 4.74 Å². The Kier molecular flexibility index (Phi) is 4.77. The summed E-state index contributed by atoms with van der Waals surface area (Å²) >= 11 is 5.89. The van der Waals surface area contributed by atoms with Gasteiger partial charge in [-0.15, -0.1) is 0 Å². The number of benzene rings is 2. The number of nitrogens with two attached hydrogens (primary N) is 1. The van der Waals surface area contributed by atoms with Crippen molar-refractivity contribution in [1.82, 2.24) is 5.43 Å². The summed E-state index contributed by atoms with van der Waals surface area (Å²) in [7, 11) is 0. The van der Waals surface area contributed by atoms with Gasteiger partial charge in [-0.2, -0.15) is 5.26 Å². The van der Waals surface area contributed by atoms with Crippen molar-refractivity contribution < 1.29 is 9.53 Å². The molecule has 0 saturated carbocycles. The van der Waals surface area contributed by atoms with Crippen LogP contribution in [0.5, 0.6) is 5.75 Å². The Morgan fingerprint density at radius 1 is 1.33 bits per heavy atom. The fraction of sp³-hybridized carbons (Fsp3) is 0.0667. The number of amides is 1. The molecule has 2 rings (SSSR count). The number of nitrogens with one attached hydrogen (secondary N) is 1. The number of nitrogen functional groups attached to an aromatic ring is 1. The summed E-state index contributed by atoms with van der Waals surface area (Å²) < 4.78 is 5.60. The van der Waals surface area contributed by atoms with Crippen molar-refractivity contribution in [3.63, 3.8) is 0 Å². The fourth-order valence-electron chi connectivity index (χ4n) is 1.81. The number of hydrazine groups is 1. The molecule has 0 heterocycles. The van der Waals surface area contributed by atoms with Crippen molar-refractivity contribution in [2.24, 2.45) is 5.84 Å². The zero-order valence-electron chi connectivity index (χ0n) is 11.0.